The molecule has 1 aliphatic rings. The first kappa shape index (κ1) is 13.2. The van der Waals surface area contributed by atoms with Gasteiger partial charge in [-0.25, -0.2) is 9.97 Å². The minimum atomic E-state index is 0.296. The van der Waals surface area contributed by atoms with Crippen molar-refractivity contribution in [1.82, 2.24) is 14.9 Å². The smallest absolute Gasteiger partial charge is 0.225 e. The van der Waals surface area contributed by atoms with Crippen LogP contribution >= 0.6 is 0 Å². The van der Waals surface area contributed by atoms with Crippen molar-refractivity contribution >= 4 is 5.95 Å². The molecule has 2 rings (SSSR count). The molecule has 1 aromatic heterocycles. The molecule has 0 aromatic carbocycles. The molecule has 1 heterocycles. The summed E-state index contributed by atoms with van der Waals surface area (Å²) in [6, 6.07) is 0. The van der Waals surface area contributed by atoms with E-state index in [2.05, 4.69) is 40.9 Å². The van der Waals surface area contributed by atoms with Crippen LogP contribution in [0.5, 0.6) is 0 Å². The fourth-order valence-corrected chi connectivity index (χ4v) is 2.49. The van der Waals surface area contributed by atoms with E-state index in [0.717, 1.165) is 18.1 Å². The molecule has 18 heavy (non-hydrogen) atoms. The van der Waals surface area contributed by atoms with Crippen LogP contribution in [-0.4, -0.2) is 48.1 Å². The van der Waals surface area contributed by atoms with Gasteiger partial charge in [-0.2, -0.15) is 0 Å². The van der Waals surface area contributed by atoms with Gasteiger partial charge in [-0.15, -0.1) is 0 Å². The summed E-state index contributed by atoms with van der Waals surface area (Å²) >= 11 is 0. The quantitative estimate of drug-likeness (QED) is 0.838. The highest BCUT2D eigenvalue weighted by Crippen LogP contribution is 2.36. The van der Waals surface area contributed by atoms with Crippen LogP contribution in [0.4, 0.5) is 5.95 Å². The van der Waals surface area contributed by atoms with Crippen LogP contribution in [0.3, 0.4) is 0 Å². The van der Waals surface area contributed by atoms with E-state index >= 15 is 0 Å². The maximum absolute atomic E-state index is 5.55. The lowest BCUT2D eigenvalue weighted by Crippen LogP contribution is -2.57. The summed E-state index contributed by atoms with van der Waals surface area (Å²) < 4.78 is 0. The molecule has 5 nitrogen and oxygen atoms in total. The average Bonchev–Trinajstić information content (AvgIpc) is 2.33. The molecule has 0 saturated heterocycles. The Labute approximate surface area is 109 Å². The van der Waals surface area contributed by atoms with E-state index in [9.17, 15) is 0 Å². The molecule has 2 N–H and O–H groups in total. The fraction of sp³-hybridized carbons (Fsp3) is 0.692. The van der Waals surface area contributed by atoms with Crippen molar-refractivity contribution < 1.29 is 0 Å². The number of nitrogens with zero attached hydrogens (tertiary/aromatic N) is 4. The molecule has 1 aliphatic carbocycles. The lowest BCUT2D eigenvalue weighted by Gasteiger charge is -2.49. The third-order valence-electron chi connectivity index (χ3n) is 4.03. The van der Waals surface area contributed by atoms with Crippen molar-refractivity contribution in [2.24, 2.45) is 5.73 Å². The first-order valence-electron chi connectivity index (χ1n) is 6.47. The Bertz CT molecular complexity index is 383. The summed E-state index contributed by atoms with van der Waals surface area (Å²) in [4.78, 5) is 13.2. The molecule has 0 unspecified atom stereocenters. The normalized spacial score (nSPS) is 17.6. The van der Waals surface area contributed by atoms with Crippen LogP contribution in [0.1, 0.15) is 24.8 Å². The van der Waals surface area contributed by atoms with Crippen molar-refractivity contribution in [3.63, 3.8) is 0 Å². The van der Waals surface area contributed by atoms with Gasteiger partial charge >= 0.3 is 0 Å². The van der Waals surface area contributed by atoms with E-state index in [4.69, 9.17) is 5.73 Å². The van der Waals surface area contributed by atoms with Crippen LogP contribution in [0.25, 0.3) is 0 Å². The first-order chi connectivity index (χ1) is 8.57. The number of aromatic nitrogens is 2. The molecule has 100 valence electrons. The SMILES string of the molecule is CN(CC1(N(C)C)CCC1)c1ncc(CN)cn1. The van der Waals surface area contributed by atoms with Crippen molar-refractivity contribution in [3.05, 3.63) is 18.0 Å². The number of nitrogens with two attached hydrogens (primary N) is 1. The predicted octanol–water partition coefficient (Wildman–Crippen LogP) is 0.856. The molecular formula is C13H23N5. The van der Waals surface area contributed by atoms with Crippen molar-refractivity contribution in [3.8, 4) is 0 Å². The van der Waals surface area contributed by atoms with Gasteiger partial charge in [-0.3, -0.25) is 0 Å². The third-order valence-corrected chi connectivity index (χ3v) is 4.03. The molecule has 0 atom stereocenters. The van der Waals surface area contributed by atoms with Gasteiger partial charge in [0.05, 0.1) is 0 Å². The summed E-state index contributed by atoms with van der Waals surface area (Å²) in [6.45, 7) is 1.47. The number of rotatable bonds is 5. The Morgan fingerprint density at radius 2 is 1.83 bits per heavy atom. The standard InChI is InChI=1S/C13H23N5/c1-17(2)13(5-4-6-13)10-18(3)12-15-8-11(7-14)9-16-12/h8-9H,4-7,10,14H2,1-3H3. The monoisotopic (exact) mass is 249 g/mol. The second kappa shape index (κ2) is 5.20. The van der Waals surface area contributed by atoms with Gasteiger partial charge in [0.15, 0.2) is 0 Å². The molecular weight excluding hydrogens is 226 g/mol. The highest BCUT2D eigenvalue weighted by molar-refractivity contribution is 5.30. The van der Waals surface area contributed by atoms with E-state index in [1.807, 2.05) is 12.4 Å². The van der Waals surface area contributed by atoms with Gasteiger partial charge in [0.2, 0.25) is 5.95 Å². The summed E-state index contributed by atoms with van der Waals surface area (Å²) in [5.74, 6) is 0.778. The molecule has 0 aliphatic heterocycles. The molecule has 1 saturated carbocycles. The Balaban J connectivity index is 2.04. The van der Waals surface area contributed by atoms with Crippen LogP contribution in [0.2, 0.25) is 0 Å². The number of anilines is 1. The molecule has 0 radical (unpaired) electrons. The maximum atomic E-state index is 5.55. The summed E-state index contributed by atoms with van der Waals surface area (Å²) in [5, 5.41) is 0. The Morgan fingerprint density at radius 1 is 1.22 bits per heavy atom. The molecule has 1 aromatic rings. The Morgan fingerprint density at radius 3 is 2.22 bits per heavy atom. The van der Waals surface area contributed by atoms with Gasteiger partial charge in [0, 0.05) is 43.6 Å². The molecule has 1 fully saturated rings. The van der Waals surface area contributed by atoms with Crippen LogP contribution in [0.15, 0.2) is 12.4 Å². The molecule has 0 bridgehead atoms. The van der Waals surface area contributed by atoms with Crippen LogP contribution in [-0.2, 0) is 6.54 Å². The first-order valence-corrected chi connectivity index (χ1v) is 6.47. The zero-order valence-electron chi connectivity index (χ0n) is 11.6. The average molecular weight is 249 g/mol. The Hall–Kier alpha value is -1.20. The van der Waals surface area contributed by atoms with E-state index in [0.29, 0.717) is 12.1 Å². The zero-order chi connectivity index (χ0) is 13.2. The summed E-state index contributed by atoms with van der Waals surface area (Å²) in [6.07, 6.45) is 7.44. The summed E-state index contributed by atoms with van der Waals surface area (Å²) in [7, 11) is 6.37. The van der Waals surface area contributed by atoms with Gasteiger partial charge in [0.25, 0.3) is 0 Å². The molecule has 0 spiro atoms. The lowest BCUT2D eigenvalue weighted by atomic mass is 9.75. The minimum absolute atomic E-state index is 0.296. The van der Waals surface area contributed by atoms with E-state index in [-0.39, 0.29) is 0 Å². The van der Waals surface area contributed by atoms with E-state index in [1.54, 1.807) is 0 Å². The van der Waals surface area contributed by atoms with Crippen molar-refractivity contribution in [2.75, 3.05) is 32.6 Å². The topological polar surface area (TPSA) is 58.3 Å². The van der Waals surface area contributed by atoms with Gasteiger partial charge in [-0.05, 0) is 33.4 Å². The fourth-order valence-electron chi connectivity index (χ4n) is 2.49. The van der Waals surface area contributed by atoms with Gasteiger partial charge < -0.3 is 15.5 Å². The van der Waals surface area contributed by atoms with Crippen LogP contribution in [0, 0.1) is 0 Å². The molecule has 5 heteroatoms. The highest BCUT2D eigenvalue weighted by Gasteiger charge is 2.40. The van der Waals surface area contributed by atoms with Gasteiger partial charge in [0.1, 0.15) is 0 Å². The number of hydrogen-bond donors (Lipinski definition) is 1. The van der Waals surface area contributed by atoms with Crippen molar-refractivity contribution in [1.29, 1.82) is 0 Å². The number of likely N-dealkylation sites (N-methyl/N-ethyl adjacent to an activating group) is 2. The molecule has 0 amide bonds. The van der Waals surface area contributed by atoms with Crippen molar-refractivity contribution in [2.45, 2.75) is 31.3 Å². The second-order valence-electron chi connectivity index (χ2n) is 5.42. The predicted molar refractivity (Wildman–Crippen MR) is 73.5 cm³/mol. The van der Waals surface area contributed by atoms with E-state index in [1.165, 1.54) is 19.3 Å². The second-order valence-corrected chi connectivity index (χ2v) is 5.42. The minimum Gasteiger partial charge on any atom is -0.342 e. The Kier molecular flexibility index (Phi) is 3.82. The summed E-state index contributed by atoms with van der Waals surface area (Å²) in [5.41, 5.74) is 6.81. The zero-order valence-corrected chi connectivity index (χ0v) is 11.6. The van der Waals surface area contributed by atoms with E-state index < -0.39 is 0 Å². The maximum Gasteiger partial charge on any atom is 0.225 e. The van der Waals surface area contributed by atoms with Gasteiger partial charge in [-0.1, -0.05) is 0 Å². The highest BCUT2D eigenvalue weighted by atomic mass is 15.3. The van der Waals surface area contributed by atoms with Crippen LogP contribution < -0.4 is 10.6 Å². The largest absolute Gasteiger partial charge is 0.342 e. The number of hydrogen-bond acceptors (Lipinski definition) is 5. The lowest BCUT2D eigenvalue weighted by molar-refractivity contribution is 0.0680. The third kappa shape index (κ3) is 2.47.